The molecule has 5 nitrogen and oxygen atoms in total. The Labute approximate surface area is 133 Å². The van der Waals surface area contributed by atoms with Crippen LogP contribution in [0.5, 0.6) is 0 Å². The van der Waals surface area contributed by atoms with E-state index in [1.807, 2.05) is 13.0 Å². The lowest BCUT2D eigenvalue weighted by molar-refractivity contribution is 0.601. The van der Waals surface area contributed by atoms with E-state index < -0.39 is 10.0 Å². The van der Waals surface area contributed by atoms with Crippen LogP contribution in [0.3, 0.4) is 0 Å². The Morgan fingerprint density at radius 3 is 2.38 bits per heavy atom. The van der Waals surface area contributed by atoms with Gasteiger partial charge in [-0.1, -0.05) is 23.2 Å². The van der Waals surface area contributed by atoms with Crippen molar-refractivity contribution < 1.29 is 8.42 Å². The number of aromatic nitrogens is 1. The van der Waals surface area contributed by atoms with Crippen LogP contribution < -0.4 is 10.5 Å². The number of hydrogen-bond donors (Lipinski definition) is 2. The van der Waals surface area contributed by atoms with Gasteiger partial charge in [0.1, 0.15) is 10.7 Å². The van der Waals surface area contributed by atoms with Crippen molar-refractivity contribution in [1.82, 2.24) is 4.98 Å². The van der Waals surface area contributed by atoms with E-state index in [2.05, 4.69) is 9.71 Å². The van der Waals surface area contributed by atoms with Crippen molar-refractivity contribution in [3.8, 4) is 0 Å². The SMILES string of the molecule is Cc1cc(C)nc(NS(=O)(=O)c2c(N)cc(Cl)cc2Cl)c1. The molecule has 8 heteroatoms. The third-order valence-electron chi connectivity index (χ3n) is 2.64. The number of halogens is 2. The van der Waals surface area contributed by atoms with Crippen molar-refractivity contribution >= 4 is 44.7 Å². The first-order valence-corrected chi connectivity index (χ1v) is 8.15. The van der Waals surface area contributed by atoms with Gasteiger partial charge in [-0.25, -0.2) is 13.4 Å². The maximum absolute atomic E-state index is 12.4. The molecule has 112 valence electrons. The normalized spacial score (nSPS) is 11.4. The minimum absolute atomic E-state index is 0.0237. The zero-order valence-electron chi connectivity index (χ0n) is 11.3. The van der Waals surface area contributed by atoms with Gasteiger partial charge in [-0.2, -0.15) is 0 Å². The van der Waals surface area contributed by atoms with E-state index in [4.69, 9.17) is 28.9 Å². The molecule has 0 aliphatic carbocycles. The summed E-state index contributed by atoms with van der Waals surface area (Å²) >= 11 is 11.7. The summed E-state index contributed by atoms with van der Waals surface area (Å²) < 4.78 is 27.2. The summed E-state index contributed by atoms with van der Waals surface area (Å²) in [6, 6.07) is 6.10. The fourth-order valence-electron chi connectivity index (χ4n) is 1.95. The van der Waals surface area contributed by atoms with Gasteiger partial charge in [0.2, 0.25) is 0 Å². The summed E-state index contributed by atoms with van der Waals surface area (Å²) in [6.07, 6.45) is 0. The highest BCUT2D eigenvalue weighted by molar-refractivity contribution is 7.93. The second kappa shape index (κ2) is 5.71. The first kappa shape index (κ1) is 15.9. The van der Waals surface area contributed by atoms with Crippen LogP contribution in [-0.4, -0.2) is 13.4 Å². The molecular weight excluding hydrogens is 333 g/mol. The van der Waals surface area contributed by atoms with Crippen LogP contribution in [0, 0.1) is 13.8 Å². The number of nitrogen functional groups attached to an aromatic ring is 1. The number of nitrogens with one attached hydrogen (secondary N) is 1. The molecule has 0 unspecified atom stereocenters. The minimum atomic E-state index is -3.95. The number of nitrogens with two attached hydrogens (primary N) is 1. The molecule has 2 aromatic rings. The third kappa shape index (κ3) is 3.58. The maximum atomic E-state index is 12.4. The molecule has 0 aliphatic heterocycles. The molecule has 1 heterocycles. The molecule has 21 heavy (non-hydrogen) atoms. The Morgan fingerprint density at radius 2 is 1.81 bits per heavy atom. The van der Waals surface area contributed by atoms with Crippen LogP contribution in [0.25, 0.3) is 0 Å². The van der Waals surface area contributed by atoms with Crippen LogP contribution in [0.4, 0.5) is 11.5 Å². The summed E-state index contributed by atoms with van der Waals surface area (Å²) in [5.74, 6) is 0.206. The molecule has 0 amide bonds. The Bertz CT molecular complexity index is 764. The van der Waals surface area contributed by atoms with Gasteiger partial charge in [0.05, 0.1) is 10.7 Å². The van der Waals surface area contributed by atoms with Gasteiger partial charge < -0.3 is 5.73 Å². The highest BCUT2D eigenvalue weighted by atomic mass is 35.5. The lowest BCUT2D eigenvalue weighted by Crippen LogP contribution is -2.16. The molecule has 0 atom stereocenters. The van der Waals surface area contributed by atoms with Crippen molar-refractivity contribution in [2.24, 2.45) is 0 Å². The molecule has 0 spiro atoms. The van der Waals surface area contributed by atoms with Crippen molar-refractivity contribution in [3.63, 3.8) is 0 Å². The van der Waals surface area contributed by atoms with E-state index in [0.29, 0.717) is 5.69 Å². The van der Waals surface area contributed by atoms with Gasteiger partial charge in [-0.05, 0) is 43.7 Å². The third-order valence-corrected chi connectivity index (χ3v) is 4.74. The Kier molecular flexibility index (Phi) is 4.32. The Balaban J connectivity index is 2.48. The molecule has 3 N–H and O–H groups in total. The van der Waals surface area contributed by atoms with Crippen LogP contribution in [-0.2, 0) is 10.0 Å². The van der Waals surface area contributed by atoms with E-state index >= 15 is 0 Å². The molecule has 1 aromatic carbocycles. The molecule has 0 saturated heterocycles. The number of anilines is 2. The average Bonchev–Trinajstić information content (AvgIpc) is 2.23. The molecule has 0 radical (unpaired) electrons. The molecule has 0 aliphatic rings. The maximum Gasteiger partial charge on any atom is 0.266 e. The first-order valence-electron chi connectivity index (χ1n) is 5.91. The van der Waals surface area contributed by atoms with Gasteiger partial charge in [-0.15, -0.1) is 0 Å². The highest BCUT2D eigenvalue weighted by Gasteiger charge is 2.22. The van der Waals surface area contributed by atoms with Gasteiger partial charge in [0.15, 0.2) is 0 Å². The number of pyridine rings is 1. The number of benzene rings is 1. The van der Waals surface area contributed by atoms with Crippen LogP contribution in [0.15, 0.2) is 29.2 Å². The van der Waals surface area contributed by atoms with E-state index in [0.717, 1.165) is 5.56 Å². The number of nitrogens with zero attached hydrogens (tertiary/aromatic N) is 1. The second-order valence-electron chi connectivity index (χ2n) is 4.58. The number of sulfonamides is 1. The molecular formula is C13H13Cl2N3O2S. The van der Waals surface area contributed by atoms with Gasteiger partial charge in [0.25, 0.3) is 10.0 Å². The topological polar surface area (TPSA) is 85.1 Å². The van der Waals surface area contributed by atoms with Crippen LogP contribution in [0.1, 0.15) is 11.3 Å². The Morgan fingerprint density at radius 1 is 1.14 bits per heavy atom. The lowest BCUT2D eigenvalue weighted by Gasteiger charge is -2.12. The molecule has 1 aromatic heterocycles. The number of aryl methyl sites for hydroxylation is 2. The summed E-state index contributed by atoms with van der Waals surface area (Å²) in [5.41, 5.74) is 7.27. The smallest absolute Gasteiger partial charge is 0.266 e. The van der Waals surface area contributed by atoms with Gasteiger partial charge in [0, 0.05) is 10.7 Å². The summed E-state index contributed by atoms with van der Waals surface area (Å²) in [4.78, 5) is 3.91. The zero-order valence-corrected chi connectivity index (χ0v) is 13.6. The van der Waals surface area contributed by atoms with Crippen molar-refractivity contribution in [1.29, 1.82) is 0 Å². The second-order valence-corrected chi connectivity index (χ2v) is 7.05. The Hall–Kier alpha value is -1.50. The highest BCUT2D eigenvalue weighted by Crippen LogP contribution is 2.32. The number of rotatable bonds is 3. The van der Waals surface area contributed by atoms with Crippen LogP contribution >= 0.6 is 23.2 Å². The standard InChI is InChI=1S/C13H13Cl2N3O2S/c1-7-3-8(2)17-12(4-7)18-21(19,20)13-10(15)5-9(14)6-11(13)16/h3-6H,16H2,1-2H3,(H,17,18). The van der Waals surface area contributed by atoms with E-state index in [-0.39, 0.29) is 26.4 Å². The number of hydrogen-bond acceptors (Lipinski definition) is 4. The van der Waals surface area contributed by atoms with Crippen molar-refractivity contribution in [2.75, 3.05) is 10.5 Å². The summed E-state index contributed by atoms with van der Waals surface area (Å²) in [6.45, 7) is 3.62. The fourth-order valence-corrected chi connectivity index (χ4v) is 3.93. The quantitative estimate of drug-likeness (QED) is 0.835. The summed E-state index contributed by atoms with van der Waals surface area (Å²) in [7, 11) is -3.95. The van der Waals surface area contributed by atoms with Crippen LogP contribution in [0.2, 0.25) is 10.0 Å². The largest absolute Gasteiger partial charge is 0.398 e. The predicted octanol–water partition coefficient (Wildman–Crippen LogP) is 3.39. The molecule has 0 fully saturated rings. The van der Waals surface area contributed by atoms with E-state index in [1.54, 1.807) is 13.0 Å². The fraction of sp³-hybridized carbons (Fsp3) is 0.154. The first-order chi connectivity index (χ1) is 9.69. The molecule has 0 bridgehead atoms. The van der Waals surface area contributed by atoms with E-state index in [1.165, 1.54) is 12.1 Å². The minimum Gasteiger partial charge on any atom is -0.398 e. The van der Waals surface area contributed by atoms with Gasteiger partial charge >= 0.3 is 0 Å². The molecule has 2 rings (SSSR count). The van der Waals surface area contributed by atoms with E-state index in [9.17, 15) is 8.42 Å². The average molecular weight is 346 g/mol. The van der Waals surface area contributed by atoms with Crippen molar-refractivity contribution in [2.45, 2.75) is 18.7 Å². The summed E-state index contributed by atoms with van der Waals surface area (Å²) in [5, 5.41) is 0.220. The van der Waals surface area contributed by atoms with Gasteiger partial charge in [-0.3, -0.25) is 4.72 Å². The predicted molar refractivity (Wildman–Crippen MR) is 85.4 cm³/mol. The zero-order chi connectivity index (χ0) is 15.8. The molecule has 0 saturated carbocycles. The lowest BCUT2D eigenvalue weighted by atomic mass is 10.2. The monoisotopic (exact) mass is 345 g/mol. The van der Waals surface area contributed by atoms with Crippen molar-refractivity contribution in [3.05, 3.63) is 45.6 Å².